The second kappa shape index (κ2) is 6.67. The van der Waals surface area contributed by atoms with Crippen LogP contribution in [0.5, 0.6) is 0 Å². The van der Waals surface area contributed by atoms with E-state index in [1.54, 1.807) is 6.92 Å². The van der Waals surface area contributed by atoms with Gasteiger partial charge in [0.1, 0.15) is 6.04 Å². The van der Waals surface area contributed by atoms with Crippen LogP contribution in [0.2, 0.25) is 0 Å². The molecule has 0 aliphatic rings. The first-order valence-corrected chi connectivity index (χ1v) is 5.34. The zero-order valence-electron chi connectivity index (χ0n) is 8.19. The fraction of sp³-hybridized carbons (Fsp3) is 0.750. The number of aliphatic carboxylic acids is 1. The minimum atomic E-state index is -1.06. The summed E-state index contributed by atoms with van der Waals surface area (Å²) in [6.45, 7) is 2.90. The second-order valence-electron chi connectivity index (χ2n) is 2.98. The molecule has 0 spiro atoms. The third-order valence-electron chi connectivity index (χ3n) is 1.32. The summed E-state index contributed by atoms with van der Waals surface area (Å²) in [5.41, 5.74) is 0. The lowest BCUT2D eigenvalue weighted by Crippen LogP contribution is -2.41. The predicted molar refractivity (Wildman–Crippen MR) is 54.2 cm³/mol. The van der Waals surface area contributed by atoms with Crippen LogP contribution in [0.4, 0.5) is 0 Å². The summed E-state index contributed by atoms with van der Waals surface area (Å²) in [6.07, 6.45) is -0.466. The van der Waals surface area contributed by atoms with Crippen LogP contribution in [-0.2, 0) is 9.59 Å². The molecule has 0 heterocycles. The molecule has 1 amide bonds. The number of amides is 1. The van der Waals surface area contributed by atoms with E-state index in [0.717, 1.165) is 0 Å². The van der Waals surface area contributed by atoms with Crippen LogP contribution in [0, 0.1) is 0 Å². The molecule has 0 aromatic carbocycles. The quantitative estimate of drug-likeness (QED) is 0.572. The molecule has 14 heavy (non-hydrogen) atoms. The van der Waals surface area contributed by atoms with E-state index in [1.165, 1.54) is 18.7 Å². The topological polar surface area (TPSA) is 86.6 Å². The molecule has 3 N–H and O–H groups in total. The molecule has 0 unspecified atom stereocenters. The highest BCUT2D eigenvalue weighted by Crippen LogP contribution is 2.05. The normalized spacial score (nSPS) is 14.5. The Morgan fingerprint density at radius 3 is 2.36 bits per heavy atom. The molecule has 0 aliphatic heterocycles. The van der Waals surface area contributed by atoms with Crippen molar-refractivity contribution in [1.82, 2.24) is 5.32 Å². The van der Waals surface area contributed by atoms with E-state index in [2.05, 4.69) is 5.32 Å². The number of aliphatic hydroxyl groups is 1. The summed E-state index contributed by atoms with van der Waals surface area (Å²) in [5, 5.41) is 19.9. The SMILES string of the molecule is CC(=O)N[C@H](CSC[C@H](C)O)C(=O)O. The fourth-order valence-corrected chi connectivity index (χ4v) is 1.72. The highest BCUT2D eigenvalue weighted by molar-refractivity contribution is 7.99. The Hall–Kier alpha value is -0.750. The molecule has 0 aromatic heterocycles. The second-order valence-corrected chi connectivity index (χ2v) is 4.05. The molecule has 6 heteroatoms. The Kier molecular flexibility index (Phi) is 6.31. The van der Waals surface area contributed by atoms with Gasteiger partial charge in [-0.2, -0.15) is 11.8 Å². The number of carboxylic acids is 1. The average Bonchev–Trinajstić information content (AvgIpc) is 2.00. The zero-order valence-corrected chi connectivity index (χ0v) is 9.00. The Morgan fingerprint density at radius 1 is 1.43 bits per heavy atom. The largest absolute Gasteiger partial charge is 0.480 e. The van der Waals surface area contributed by atoms with Crippen molar-refractivity contribution in [3.63, 3.8) is 0 Å². The van der Waals surface area contributed by atoms with Gasteiger partial charge < -0.3 is 15.5 Å². The summed E-state index contributed by atoms with van der Waals surface area (Å²) < 4.78 is 0. The van der Waals surface area contributed by atoms with Gasteiger partial charge in [-0.25, -0.2) is 4.79 Å². The fourth-order valence-electron chi connectivity index (χ4n) is 0.777. The summed E-state index contributed by atoms with van der Waals surface area (Å²) in [6, 6.07) is -0.878. The van der Waals surface area contributed by atoms with Crippen molar-refractivity contribution < 1.29 is 19.8 Å². The molecule has 82 valence electrons. The molecular weight excluding hydrogens is 206 g/mol. The number of nitrogens with one attached hydrogen (secondary N) is 1. The summed E-state index contributed by atoms with van der Waals surface area (Å²) in [7, 11) is 0. The first kappa shape index (κ1) is 13.2. The highest BCUT2D eigenvalue weighted by atomic mass is 32.2. The minimum absolute atomic E-state index is 0.264. The average molecular weight is 221 g/mol. The van der Waals surface area contributed by atoms with Gasteiger partial charge in [0, 0.05) is 18.4 Å². The summed E-state index contributed by atoms with van der Waals surface area (Å²) >= 11 is 1.29. The molecule has 0 aliphatic carbocycles. The van der Waals surface area contributed by atoms with E-state index in [9.17, 15) is 9.59 Å². The van der Waals surface area contributed by atoms with Gasteiger partial charge in [-0.1, -0.05) is 0 Å². The van der Waals surface area contributed by atoms with Crippen molar-refractivity contribution in [2.75, 3.05) is 11.5 Å². The lowest BCUT2D eigenvalue weighted by atomic mass is 10.3. The molecule has 2 atom stereocenters. The summed E-state index contributed by atoms with van der Waals surface area (Å²) in [4.78, 5) is 21.2. The maximum absolute atomic E-state index is 10.6. The maximum Gasteiger partial charge on any atom is 0.327 e. The number of carbonyl (C=O) groups excluding carboxylic acids is 1. The number of carboxylic acid groups (broad SMARTS) is 1. The Bertz CT molecular complexity index is 208. The molecule has 5 nitrogen and oxygen atoms in total. The number of hydrogen-bond acceptors (Lipinski definition) is 4. The molecule has 0 saturated heterocycles. The van der Waals surface area contributed by atoms with E-state index in [0.29, 0.717) is 5.75 Å². The number of aliphatic hydroxyl groups excluding tert-OH is 1. The van der Waals surface area contributed by atoms with Crippen LogP contribution in [0.15, 0.2) is 0 Å². The van der Waals surface area contributed by atoms with Crippen molar-refractivity contribution in [2.45, 2.75) is 26.0 Å². The van der Waals surface area contributed by atoms with E-state index in [4.69, 9.17) is 10.2 Å². The Balaban J connectivity index is 3.86. The molecular formula is C8H15NO4S. The van der Waals surface area contributed by atoms with Gasteiger partial charge in [0.15, 0.2) is 0 Å². The Morgan fingerprint density at radius 2 is 2.00 bits per heavy atom. The van der Waals surface area contributed by atoms with Gasteiger partial charge in [-0.15, -0.1) is 0 Å². The van der Waals surface area contributed by atoms with Crippen LogP contribution in [0.3, 0.4) is 0 Å². The lowest BCUT2D eigenvalue weighted by molar-refractivity contribution is -0.140. The van der Waals surface area contributed by atoms with Crippen molar-refractivity contribution >= 4 is 23.6 Å². The van der Waals surface area contributed by atoms with Crippen LogP contribution in [0.1, 0.15) is 13.8 Å². The van der Waals surface area contributed by atoms with Crippen LogP contribution in [0.25, 0.3) is 0 Å². The van der Waals surface area contributed by atoms with Gasteiger partial charge in [0.2, 0.25) is 5.91 Å². The van der Waals surface area contributed by atoms with Crippen LogP contribution in [-0.4, -0.2) is 45.7 Å². The molecule has 0 saturated carbocycles. The van der Waals surface area contributed by atoms with Gasteiger partial charge in [-0.05, 0) is 6.92 Å². The van der Waals surface area contributed by atoms with Crippen LogP contribution < -0.4 is 5.32 Å². The molecule has 0 rings (SSSR count). The molecule has 0 aromatic rings. The van der Waals surface area contributed by atoms with Crippen molar-refractivity contribution in [1.29, 1.82) is 0 Å². The molecule has 0 radical (unpaired) electrons. The van der Waals surface area contributed by atoms with Crippen molar-refractivity contribution in [2.24, 2.45) is 0 Å². The maximum atomic E-state index is 10.6. The van der Waals surface area contributed by atoms with Gasteiger partial charge in [0.05, 0.1) is 6.10 Å². The van der Waals surface area contributed by atoms with Crippen molar-refractivity contribution in [3.05, 3.63) is 0 Å². The molecule has 0 fully saturated rings. The lowest BCUT2D eigenvalue weighted by Gasteiger charge is -2.13. The number of rotatable bonds is 6. The highest BCUT2D eigenvalue weighted by Gasteiger charge is 2.18. The van der Waals surface area contributed by atoms with Gasteiger partial charge in [0.25, 0.3) is 0 Å². The van der Waals surface area contributed by atoms with E-state index in [-0.39, 0.29) is 11.7 Å². The standard InChI is InChI=1S/C8H15NO4S/c1-5(10)3-14-4-7(8(12)13)9-6(2)11/h5,7,10H,3-4H2,1-2H3,(H,9,11)(H,12,13)/t5-,7+/m0/s1. The van der Waals surface area contributed by atoms with Gasteiger partial charge in [-0.3, -0.25) is 4.79 Å². The first-order valence-electron chi connectivity index (χ1n) is 4.19. The minimum Gasteiger partial charge on any atom is -0.480 e. The summed E-state index contributed by atoms with van der Waals surface area (Å²) in [5.74, 6) is -0.697. The number of hydrogen-bond donors (Lipinski definition) is 3. The van der Waals surface area contributed by atoms with Gasteiger partial charge >= 0.3 is 5.97 Å². The van der Waals surface area contributed by atoms with Crippen LogP contribution >= 0.6 is 11.8 Å². The molecule has 0 bridgehead atoms. The smallest absolute Gasteiger partial charge is 0.327 e. The number of thioether (sulfide) groups is 1. The predicted octanol–water partition coefficient (Wildman–Crippen LogP) is -0.310. The monoisotopic (exact) mass is 221 g/mol. The van der Waals surface area contributed by atoms with Crippen molar-refractivity contribution in [3.8, 4) is 0 Å². The first-order chi connectivity index (χ1) is 6.43. The van der Waals surface area contributed by atoms with E-state index >= 15 is 0 Å². The number of carbonyl (C=O) groups is 2. The van der Waals surface area contributed by atoms with E-state index in [1.807, 2.05) is 0 Å². The third kappa shape index (κ3) is 6.73. The Labute approximate surface area is 86.9 Å². The third-order valence-corrected chi connectivity index (χ3v) is 2.61. The zero-order chi connectivity index (χ0) is 11.1. The van der Waals surface area contributed by atoms with E-state index < -0.39 is 18.1 Å².